The van der Waals surface area contributed by atoms with Crippen molar-refractivity contribution in [2.75, 3.05) is 0 Å². The Bertz CT molecular complexity index is 1430. The third-order valence-electron chi connectivity index (χ3n) is 5.73. The monoisotopic (exact) mass is 434 g/mol. The van der Waals surface area contributed by atoms with Gasteiger partial charge in [-0.2, -0.15) is 0 Å². The fourth-order valence-corrected chi connectivity index (χ4v) is 4.03. The molecule has 0 aliphatic carbocycles. The Kier molecular flexibility index (Phi) is 4.11. The minimum Gasteiger partial charge on any atom is -0.507 e. The van der Waals surface area contributed by atoms with Crippen molar-refractivity contribution >= 4 is 17.0 Å². The van der Waals surface area contributed by atoms with E-state index in [1.807, 2.05) is 27.7 Å². The predicted molar refractivity (Wildman–Crippen MR) is 119 cm³/mol. The van der Waals surface area contributed by atoms with Crippen LogP contribution in [0.1, 0.15) is 38.8 Å². The van der Waals surface area contributed by atoms with Gasteiger partial charge in [0.1, 0.15) is 45.3 Å². The zero-order valence-electron chi connectivity index (χ0n) is 18.1. The van der Waals surface area contributed by atoms with Crippen molar-refractivity contribution < 1.29 is 29.2 Å². The maximum Gasteiger partial charge on any atom is 0.197 e. The molecule has 0 spiro atoms. The summed E-state index contributed by atoms with van der Waals surface area (Å²) in [6.07, 6.45) is 3.82. The number of phenols is 3. The van der Waals surface area contributed by atoms with Crippen molar-refractivity contribution in [2.45, 2.75) is 39.7 Å². The van der Waals surface area contributed by atoms with E-state index in [2.05, 4.69) is 0 Å². The second kappa shape index (κ2) is 6.56. The van der Waals surface area contributed by atoms with Crippen LogP contribution in [0.25, 0.3) is 28.4 Å². The topological polar surface area (TPSA) is 109 Å². The highest BCUT2D eigenvalue weighted by Gasteiger charge is 2.30. The van der Waals surface area contributed by atoms with E-state index in [0.29, 0.717) is 29.1 Å². The summed E-state index contributed by atoms with van der Waals surface area (Å²) in [5, 5.41) is 32.1. The standard InChI is InChI=1S/C25H22O7/c1-11(2)17-8-14-22(28)13(7-16(27)24(14)31-17)18-9-15(26)21-20(30-18)10-19-12(23(21)29)5-6-25(3,4)32-19/h5-7,9-10,27-29H,8H2,1-4H3. The van der Waals surface area contributed by atoms with Crippen LogP contribution in [-0.4, -0.2) is 20.9 Å². The number of hydrogen-bond donors (Lipinski definition) is 3. The molecule has 7 nitrogen and oxygen atoms in total. The molecule has 32 heavy (non-hydrogen) atoms. The molecule has 3 aromatic rings. The normalized spacial score (nSPS) is 15.8. The number of hydrogen-bond acceptors (Lipinski definition) is 7. The maximum atomic E-state index is 12.9. The molecule has 0 atom stereocenters. The van der Waals surface area contributed by atoms with Gasteiger partial charge in [-0.15, -0.1) is 0 Å². The summed E-state index contributed by atoms with van der Waals surface area (Å²) >= 11 is 0. The summed E-state index contributed by atoms with van der Waals surface area (Å²) in [6.45, 7) is 7.50. The van der Waals surface area contributed by atoms with Gasteiger partial charge in [-0.3, -0.25) is 4.79 Å². The van der Waals surface area contributed by atoms with Gasteiger partial charge in [0.15, 0.2) is 16.9 Å². The van der Waals surface area contributed by atoms with E-state index in [0.717, 1.165) is 5.57 Å². The van der Waals surface area contributed by atoms with Gasteiger partial charge in [-0.1, -0.05) is 0 Å². The lowest BCUT2D eigenvalue weighted by Crippen LogP contribution is -2.27. The van der Waals surface area contributed by atoms with Crippen molar-refractivity contribution in [1.82, 2.24) is 0 Å². The molecule has 0 radical (unpaired) electrons. The van der Waals surface area contributed by atoms with Crippen molar-refractivity contribution in [3.05, 3.63) is 57.0 Å². The summed E-state index contributed by atoms with van der Waals surface area (Å²) in [4.78, 5) is 12.9. The van der Waals surface area contributed by atoms with Gasteiger partial charge in [0, 0.05) is 24.1 Å². The highest BCUT2D eigenvalue weighted by atomic mass is 16.5. The lowest BCUT2D eigenvalue weighted by atomic mass is 9.99. The molecular weight excluding hydrogens is 412 g/mol. The van der Waals surface area contributed by atoms with Gasteiger partial charge in [0.05, 0.1) is 11.1 Å². The number of benzene rings is 2. The lowest BCUT2D eigenvalue weighted by Gasteiger charge is -2.28. The summed E-state index contributed by atoms with van der Waals surface area (Å²) in [6, 6.07) is 4.03. The molecule has 7 heteroatoms. The van der Waals surface area contributed by atoms with E-state index in [-0.39, 0.29) is 45.3 Å². The summed E-state index contributed by atoms with van der Waals surface area (Å²) in [5.41, 5.74) is 0.936. The smallest absolute Gasteiger partial charge is 0.197 e. The Morgan fingerprint density at radius 1 is 1.06 bits per heavy atom. The van der Waals surface area contributed by atoms with Crippen LogP contribution < -0.4 is 14.9 Å². The first-order valence-electron chi connectivity index (χ1n) is 10.2. The van der Waals surface area contributed by atoms with E-state index in [1.54, 1.807) is 18.2 Å². The highest BCUT2D eigenvalue weighted by molar-refractivity contribution is 5.92. The number of rotatable bonds is 1. The Labute approximate surface area is 183 Å². The molecule has 0 saturated carbocycles. The third kappa shape index (κ3) is 2.92. The molecule has 3 heterocycles. The Balaban J connectivity index is 1.72. The maximum absolute atomic E-state index is 12.9. The van der Waals surface area contributed by atoms with Gasteiger partial charge in [-0.05, 0) is 51.5 Å². The summed E-state index contributed by atoms with van der Waals surface area (Å²) < 4.78 is 17.5. The van der Waals surface area contributed by atoms with Crippen LogP contribution in [0.3, 0.4) is 0 Å². The number of aromatic hydroxyl groups is 3. The zero-order chi connectivity index (χ0) is 22.9. The van der Waals surface area contributed by atoms with Crippen LogP contribution in [0.4, 0.5) is 0 Å². The van der Waals surface area contributed by atoms with Crippen LogP contribution in [-0.2, 0) is 6.42 Å². The minimum absolute atomic E-state index is 0.0143. The number of ether oxygens (including phenoxy) is 2. The van der Waals surface area contributed by atoms with E-state index < -0.39 is 11.0 Å². The Morgan fingerprint density at radius 2 is 1.81 bits per heavy atom. The average Bonchev–Trinajstić information content (AvgIpc) is 3.16. The van der Waals surface area contributed by atoms with E-state index in [4.69, 9.17) is 13.9 Å². The lowest BCUT2D eigenvalue weighted by molar-refractivity contribution is 0.158. The molecule has 164 valence electrons. The van der Waals surface area contributed by atoms with Crippen molar-refractivity contribution in [2.24, 2.45) is 0 Å². The zero-order valence-corrected chi connectivity index (χ0v) is 18.1. The molecule has 0 fully saturated rings. The molecule has 2 aromatic carbocycles. The van der Waals surface area contributed by atoms with Gasteiger partial charge in [0.25, 0.3) is 0 Å². The molecule has 5 rings (SSSR count). The summed E-state index contributed by atoms with van der Waals surface area (Å²) in [5.74, 6) is 0.729. The Morgan fingerprint density at radius 3 is 2.53 bits per heavy atom. The molecular formula is C25H22O7. The summed E-state index contributed by atoms with van der Waals surface area (Å²) in [7, 11) is 0. The van der Waals surface area contributed by atoms with E-state index in [9.17, 15) is 20.1 Å². The van der Waals surface area contributed by atoms with Gasteiger partial charge in [0.2, 0.25) is 0 Å². The molecule has 2 aliphatic heterocycles. The van der Waals surface area contributed by atoms with Crippen molar-refractivity contribution in [1.29, 1.82) is 0 Å². The second-order valence-corrected chi connectivity index (χ2v) is 8.83. The SMILES string of the molecule is CC(C)=C1Cc2c(O)c(-c3cc(=O)c4c(O)c5c(cc4o3)OC(C)(C)C=C5)cc(O)c2O1. The second-order valence-electron chi connectivity index (χ2n) is 8.83. The average molecular weight is 434 g/mol. The van der Waals surface area contributed by atoms with Crippen molar-refractivity contribution in [3.63, 3.8) is 0 Å². The first-order chi connectivity index (χ1) is 15.1. The Hall–Kier alpha value is -3.87. The molecule has 1 aromatic heterocycles. The van der Waals surface area contributed by atoms with Crippen molar-refractivity contribution in [3.8, 4) is 40.1 Å². The number of fused-ring (bicyclic) bond motifs is 3. The molecule has 2 aliphatic rings. The van der Waals surface area contributed by atoms with Gasteiger partial charge in [-0.25, -0.2) is 0 Å². The molecule has 0 amide bonds. The van der Waals surface area contributed by atoms with E-state index >= 15 is 0 Å². The first-order valence-corrected chi connectivity index (χ1v) is 10.2. The van der Waals surface area contributed by atoms with Crippen LogP contribution in [0.15, 0.2) is 44.8 Å². The highest BCUT2D eigenvalue weighted by Crippen LogP contribution is 2.49. The number of allylic oxidation sites excluding steroid dienone is 2. The van der Waals surface area contributed by atoms with E-state index in [1.165, 1.54) is 12.1 Å². The van der Waals surface area contributed by atoms with Crippen LogP contribution in [0.2, 0.25) is 0 Å². The molecule has 3 N–H and O–H groups in total. The largest absolute Gasteiger partial charge is 0.507 e. The van der Waals surface area contributed by atoms with Crippen LogP contribution >= 0.6 is 0 Å². The molecule has 0 bridgehead atoms. The third-order valence-corrected chi connectivity index (χ3v) is 5.73. The first kappa shape index (κ1) is 20.1. The number of phenolic OH excluding ortho intramolecular Hbond substituents is 3. The predicted octanol–water partition coefficient (Wildman–Crippen LogP) is 4.99. The van der Waals surface area contributed by atoms with Crippen LogP contribution in [0.5, 0.6) is 28.7 Å². The minimum atomic E-state index is -0.586. The fourth-order valence-electron chi connectivity index (χ4n) is 4.03. The fraction of sp³-hybridized carbons (Fsp3) is 0.240. The quantitative estimate of drug-likeness (QED) is 0.463. The molecule has 0 saturated heterocycles. The van der Waals surface area contributed by atoms with Crippen LogP contribution in [0, 0.1) is 0 Å². The van der Waals surface area contributed by atoms with Gasteiger partial charge < -0.3 is 29.2 Å². The van der Waals surface area contributed by atoms with Gasteiger partial charge >= 0.3 is 0 Å². The molecule has 0 unspecified atom stereocenters.